The van der Waals surface area contributed by atoms with Crippen LogP contribution in [0, 0.1) is 5.92 Å². The lowest BCUT2D eigenvalue weighted by molar-refractivity contribution is 0.511. The smallest absolute Gasteiger partial charge is 0.0889 e. The molecular formula is C15H23ClSi. The van der Waals surface area contributed by atoms with E-state index in [4.69, 9.17) is 11.6 Å². The zero-order chi connectivity index (χ0) is 13.3. The number of hydrogen-bond acceptors (Lipinski definition) is 0. The van der Waals surface area contributed by atoms with Gasteiger partial charge in [0.1, 0.15) is 0 Å². The molecule has 17 heavy (non-hydrogen) atoms. The Balaban J connectivity index is 3.30. The Morgan fingerprint density at radius 2 is 1.65 bits per heavy atom. The lowest BCUT2D eigenvalue weighted by atomic mass is 9.87. The quantitative estimate of drug-likeness (QED) is 0.518. The van der Waals surface area contributed by atoms with Crippen LogP contribution in [0.4, 0.5) is 0 Å². The predicted molar refractivity (Wildman–Crippen MR) is 81.3 cm³/mol. The van der Waals surface area contributed by atoms with Crippen LogP contribution in [0.2, 0.25) is 19.6 Å². The summed E-state index contributed by atoms with van der Waals surface area (Å²) in [4.78, 5) is -0.425. The van der Waals surface area contributed by atoms with Gasteiger partial charge in [-0.3, -0.25) is 0 Å². The number of benzene rings is 1. The summed E-state index contributed by atoms with van der Waals surface area (Å²) in [5.41, 5.74) is 1.17. The molecule has 0 spiro atoms. The third-order valence-corrected chi connectivity index (χ3v) is 6.58. The highest BCUT2D eigenvalue weighted by Gasteiger charge is 2.41. The average molecular weight is 267 g/mol. The van der Waals surface area contributed by atoms with Gasteiger partial charge in [0, 0.05) is 0 Å². The molecule has 0 saturated heterocycles. The molecule has 0 aromatic heterocycles. The lowest BCUT2D eigenvalue weighted by Crippen LogP contribution is -2.39. The molecule has 0 N–H and O–H groups in total. The van der Waals surface area contributed by atoms with Crippen LogP contribution in [-0.4, -0.2) is 8.07 Å². The topological polar surface area (TPSA) is 0 Å². The Morgan fingerprint density at radius 3 is 2.00 bits per heavy atom. The van der Waals surface area contributed by atoms with Gasteiger partial charge < -0.3 is 0 Å². The highest BCUT2D eigenvalue weighted by atomic mass is 35.5. The van der Waals surface area contributed by atoms with Crippen molar-refractivity contribution in [2.24, 2.45) is 5.92 Å². The Bertz CT molecular complexity index is 389. The van der Waals surface area contributed by atoms with Gasteiger partial charge in [0.05, 0.1) is 12.9 Å². The van der Waals surface area contributed by atoms with Gasteiger partial charge in [-0.05, 0) is 11.5 Å². The minimum Gasteiger partial charge on any atom is -0.109 e. The molecule has 1 rings (SSSR count). The van der Waals surface area contributed by atoms with E-state index in [0.29, 0.717) is 5.92 Å². The summed E-state index contributed by atoms with van der Waals surface area (Å²) >= 11 is 6.97. The van der Waals surface area contributed by atoms with Gasteiger partial charge in [-0.25, -0.2) is 0 Å². The zero-order valence-corrected chi connectivity index (χ0v) is 13.3. The van der Waals surface area contributed by atoms with Gasteiger partial charge in [-0.15, -0.1) is 18.2 Å². The first-order chi connectivity index (χ1) is 7.70. The molecule has 0 amide bonds. The van der Waals surface area contributed by atoms with E-state index in [9.17, 15) is 0 Å². The second-order valence-corrected chi connectivity index (χ2v) is 11.7. The first-order valence-corrected chi connectivity index (χ1v) is 10.0. The number of alkyl halides is 1. The molecule has 0 bridgehead atoms. The first-order valence-electron chi connectivity index (χ1n) is 6.15. The molecule has 0 radical (unpaired) electrons. The molecule has 2 heteroatoms. The molecule has 1 aromatic rings. The van der Waals surface area contributed by atoms with E-state index in [1.807, 2.05) is 18.2 Å². The lowest BCUT2D eigenvalue weighted by Gasteiger charge is -2.39. The summed E-state index contributed by atoms with van der Waals surface area (Å²) < 4.78 is 0. The Morgan fingerprint density at radius 1 is 1.18 bits per heavy atom. The average Bonchev–Trinajstić information content (AvgIpc) is 2.26. The van der Waals surface area contributed by atoms with Crippen molar-refractivity contribution in [3.05, 3.63) is 47.7 Å². The first kappa shape index (κ1) is 14.5. The minimum atomic E-state index is -1.47. The maximum atomic E-state index is 6.97. The van der Waals surface area contributed by atoms with Crippen molar-refractivity contribution in [2.45, 2.75) is 38.4 Å². The Hall–Kier alpha value is -0.533. The maximum absolute atomic E-state index is 6.97. The Labute approximate surface area is 112 Å². The second kappa shape index (κ2) is 4.99. The molecule has 0 fully saturated rings. The largest absolute Gasteiger partial charge is 0.109 e. The van der Waals surface area contributed by atoms with E-state index in [2.05, 4.69) is 52.2 Å². The molecular weight excluding hydrogens is 244 g/mol. The van der Waals surface area contributed by atoms with E-state index < -0.39 is 12.9 Å². The van der Waals surface area contributed by atoms with Crippen LogP contribution in [0.5, 0.6) is 0 Å². The predicted octanol–water partition coefficient (Wildman–Crippen LogP) is 5.21. The van der Waals surface area contributed by atoms with Crippen molar-refractivity contribution in [3.63, 3.8) is 0 Å². The molecule has 0 saturated carbocycles. The van der Waals surface area contributed by atoms with Crippen LogP contribution < -0.4 is 0 Å². The summed E-state index contributed by atoms with van der Waals surface area (Å²) in [6.07, 6.45) is 0. The fourth-order valence-corrected chi connectivity index (χ4v) is 4.58. The fourth-order valence-electron chi connectivity index (χ4n) is 2.08. The Kier molecular flexibility index (Phi) is 4.27. The van der Waals surface area contributed by atoms with E-state index >= 15 is 0 Å². The highest BCUT2D eigenvalue weighted by molar-refractivity contribution is 6.84. The van der Waals surface area contributed by atoms with Gasteiger partial charge in [0.2, 0.25) is 0 Å². The summed E-state index contributed by atoms with van der Waals surface area (Å²) in [7, 11) is -1.47. The molecule has 1 aromatic carbocycles. The zero-order valence-electron chi connectivity index (χ0n) is 11.5. The summed E-state index contributed by atoms with van der Waals surface area (Å²) in [6, 6.07) is 10.3. The number of rotatable bonds is 4. The van der Waals surface area contributed by atoms with Crippen LogP contribution in [0.25, 0.3) is 0 Å². The normalized spacial score (nSPS) is 15.7. The minimum absolute atomic E-state index is 0.339. The second-order valence-electron chi connectivity index (χ2n) is 5.96. The highest BCUT2D eigenvalue weighted by Crippen LogP contribution is 2.45. The summed E-state index contributed by atoms with van der Waals surface area (Å²) in [5, 5.41) is 1.22. The molecule has 0 aliphatic heterocycles. The van der Waals surface area contributed by atoms with Crippen molar-refractivity contribution in [3.8, 4) is 0 Å². The van der Waals surface area contributed by atoms with Crippen LogP contribution in [0.15, 0.2) is 42.1 Å². The van der Waals surface area contributed by atoms with Crippen LogP contribution >= 0.6 is 11.6 Å². The van der Waals surface area contributed by atoms with Crippen molar-refractivity contribution in [1.29, 1.82) is 0 Å². The molecule has 0 aliphatic rings. The molecule has 94 valence electrons. The maximum Gasteiger partial charge on any atom is 0.0889 e. The summed E-state index contributed by atoms with van der Waals surface area (Å²) in [6.45, 7) is 15.6. The van der Waals surface area contributed by atoms with E-state index in [1.54, 1.807) is 0 Å². The molecule has 0 aliphatic carbocycles. The standard InChI is InChI=1S/C15H23ClSi/c1-12(2)15(16,13(3)17(4,5)6)14-10-8-7-9-11-14/h7-12H,3H2,1-2,4-6H3. The molecule has 0 heterocycles. The van der Waals surface area contributed by atoms with Gasteiger partial charge in [0.25, 0.3) is 0 Å². The number of halogens is 1. The number of hydrogen-bond donors (Lipinski definition) is 0. The monoisotopic (exact) mass is 266 g/mol. The van der Waals surface area contributed by atoms with Gasteiger partial charge >= 0.3 is 0 Å². The van der Waals surface area contributed by atoms with Gasteiger partial charge in [0.15, 0.2) is 0 Å². The number of allylic oxidation sites excluding steroid dienone is 1. The van der Waals surface area contributed by atoms with Crippen LogP contribution in [0.3, 0.4) is 0 Å². The fraction of sp³-hybridized carbons (Fsp3) is 0.467. The van der Waals surface area contributed by atoms with Crippen LogP contribution in [-0.2, 0) is 4.87 Å². The van der Waals surface area contributed by atoms with E-state index in [-0.39, 0.29) is 0 Å². The molecule has 0 nitrogen and oxygen atoms in total. The van der Waals surface area contributed by atoms with Crippen molar-refractivity contribution in [1.82, 2.24) is 0 Å². The van der Waals surface area contributed by atoms with Crippen LogP contribution in [0.1, 0.15) is 19.4 Å². The summed E-state index contributed by atoms with van der Waals surface area (Å²) in [5.74, 6) is 0.339. The third-order valence-electron chi connectivity index (χ3n) is 3.33. The SMILES string of the molecule is C=C(C(Cl)(c1ccccc1)C(C)C)[Si](C)(C)C. The van der Waals surface area contributed by atoms with Gasteiger partial charge in [-0.2, -0.15) is 0 Å². The van der Waals surface area contributed by atoms with E-state index in [1.165, 1.54) is 10.8 Å². The molecule has 1 atom stereocenters. The van der Waals surface area contributed by atoms with Crippen molar-refractivity contribution >= 4 is 19.7 Å². The van der Waals surface area contributed by atoms with Crippen molar-refractivity contribution in [2.75, 3.05) is 0 Å². The third kappa shape index (κ3) is 2.83. The van der Waals surface area contributed by atoms with Gasteiger partial charge in [-0.1, -0.05) is 69.0 Å². The van der Waals surface area contributed by atoms with Crippen molar-refractivity contribution < 1.29 is 0 Å². The molecule has 1 unspecified atom stereocenters. The van der Waals surface area contributed by atoms with E-state index in [0.717, 1.165) is 0 Å².